The Morgan fingerprint density at radius 2 is 1.80 bits per heavy atom. The van der Waals surface area contributed by atoms with Gasteiger partial charge in [0, 0.05) is 6.54 Å². The van der Waals surface area contributed by atoms with Crippen molar-refractivity contribution in [2.75, 3.05) is 6.54 Å². The van der Waals surface area contributed by atoms with E-state index in [1.54, 1.807) is 0 Å². The molecule has 84 valence electrons. The molecule has 0 aromatic heterocycles. The van der Waals surface area contributed by atoms with Crippen molar-refractivity contribution in [3.63, 3.8) is 0 Å². The zero-order valence-corrected chi connectivity index (χ0v) is 9.79. The molecule has 3 heteroatoms. The quantitative estimate of drug-likeness (QED) is 0.665. The summed E-state index contributed by atoms with van der Waals surface area (Å²) in [7, 11) is 0. The van der Waals surface area contributed by atoms with Crippen LogP contribution in [0.4, 0.5) is 0 Å². The molecule has 0 aromatic rings. The first-order valence-corrected chi connectivity index (χ1v) is 5.81. The Balaban J connectivity index is 3.79. The smallest absolute Gasteiger partial charge is 0.0953 e. The van der Waals surface area contributed by atoms with Gasteiger partial charge in [-0.25, -0.2) is 0 Å². The van der Waals surface area contributed by atoms with Gasteiger partial charge in [-0.15, -0.1) is 0 Å². The van der Waals surface area contributed by atoms with Crippen LogP contribution in [-0.4, -0.2) is 12.6 Å². The summed E-state index contributed by atoms with van der Waals surface area (Å²) in [6.45, 7) is 4.83. The fraction of sp³-hybridized carbons (Fsp3) is 0.833. The van der Waals surface area contributed by atoms with Crippen LogP contribution in [0.5, 0.6) is 0 Å². The molecule has 0 rings (SSSR count). The normalized spacial score (nSPS) is 13.9. The molecule has 0 aliphatic heterocycles. The van der Waals surface area contributed by atoms with E-state index in [2.05, 4.69) is 31.3 Å². The highest BCUT2D eigenvalue weighted by atomic mass is 14.9. The summed E-state index contributed by atoms with van der Waals surface area (Å²) in [5.74, 6) is 0.0486. The fourth-order valence-corrected chi connectivity index (χ4v) is 1.47. The Hall–Kier alpha value is -1.06. The molecule has 0 aromatic carbocycles. The summed E-state index contributed by atoms with van der Waals surface area (Å²) in [4.78, 5) is 0. The third kappa shape index (κ3) is 6.94. The maximum atomic E-state index is 8.87. The van der Waals surface area contributed by atoms with Crippen LogP contribution in [0.15, 0.2) is 0 Å². The summed E-state index contributed by atoms with van der Waals surface area (Å²) in [5, 5.41) is 20.9. The lowest BCUT2D eigenvalue weighted by molar-refractivity contribution is 0.476. The molecule has 0 aliphatic rings. The molecule has 0 bridgehead atoms. The summed E-state index contributed by atoms with van der Waals surface area (Å²) in [6.07, 6.45) is 4.99. The minimum Gasteiger partial charge on any atom is -0.301 e. The predicted octanol–water partition coefficient (Wildman–Crippen LogP) is 2.60. The SMILES string of the molecule is CCCCC(C#N)NCC(C#N)CCC. The highest BCUT2D eigenvalue weighted by Crippen LogP contribution is 2.05. The van der Waals surface area contributed by atoms with Gasteiger partial charge in [0.1, 0.15) is 0 Å². The van der Waals surface area contributed by atoms with Gasteiger partial charge >= 0.3 is 0 Å². The van der Waals surface area contributed by atoms with Crippen LogP contribution in [0.25, 0.3) is 0 Å². The molecule has 0 amide bonds. The molecule has 3 nitrogen and oxygen atoms in total. The molecule has 0 spiro atoms. The highest BCUT2D eigenvalue weighted by molar-refractivity contribution is 4.92. The largest absolute Gasteiger partial charge is 0.301 e. The minimum atomic E-state index is -0.0855. The summed E-state index contributed by atoms with van der Waals surface area (Å²) >= 11 is 0. The second kappa shape index (κ2) is 9.49. The van der Waals surface area contributed by atoms with E-state index in [1.807, 2.05) is 0 Å². The zero-order valence-electron chi connectivity index (χ0n) is 9.79. The number of rotatable bonds is 8. The number of hydrogen-bond acceptors (Lipinski definition) is 3. The van der Waals surface area contributed by atoms with Crippen LogP contribution < -0.4 is 5.32 Å². The first-order chi connectivity index (χ1) is 7.28. The van der Waals surface area contributed by atoms with Crippen LogP contribution in [0.1, 0.15) is 46.0 Å². The van der Waals surface area contributed by atoms with Crippen LogP contribution in [0, 0.1) is 28.6 Å². The molecule has 0 saturated heterocycles. The molecule has 0 saturated carbocycles. The average Bonchev–Trinajstić information content (AvgIpc) is 2.27. The van der Waals surface area contributed by atoms with Crippen molar-refractivity contribution in [2.45, 2.75) is 52.0 Å². The van der Waals surface area contributed by atoms with Crippen molar-refractivity contribution in [3.05, 3.63) is 0 Å². The van der Waals surface area contributed by atoms with Crippen molar-refractivity contribution in [2.24, 2.45) is 5.92 Å². The lowest BCUT2D eigenvalue weighted by atomic mass is 10.0. The van der Waals surface area contributed by atoms with Crippen molar-refractivity contribution in [1.82, 2.24) is 5.32 Å². The van der Waals surface area contributed by atoms with E-state index >= 15 is 0 Å². The van der Waals surface area contributed by atoms with E-state index in [1.165, 1.54) is 0 Å². The third-order valence-corrected chi connectivity index (χ3v) is 2.43. The molecule has 0 heterocycles. The van der Waals surface area contributed by atoms with Gasteiger partial charge < -0.3 is 5.32 Å². The van der Waals surface area contributed by atoms with Gasteiger partial charge in [-0.2, -0.15) is 10.5 Å². The van der Waals surface area contributed by atoms with Gasteiger partial charge in [0.15, 0.2) is 0 Å². The third-order valence-electron chi connectivity index (χ3n) is 2.43. The number of unbranched alkanes of at least 4 members (excludes halogenated alkanes) is 1. The maximum absolute atomic E-state index is 8.87. The van der Waals surface area contributed by atoms with E-state index in [9.17, 15) is 0 Å². The lowest BCUT2D eigenvalue weighted by Crippen LogP contribution is -2.32. The Labute approximate surface area is 93.1 Å². The summed E-state index contributed by atoms with van der Waals surface area (Å²) in [5.41, 5.74) is 0. The van der Waals surface area contributed by atoms with Gasteiger partial charge in [-0.05, 0) is 12.8 Å². The second-order valence-corrected chi connectivity index (χ2v) is 3.85. The van der Waals surface area contributed by atoms with Gasteiger partial charge in [0.25, 0.3) is 0 Å². The van der Waals surface area contributed by atoms with Gasteiger partial charge in [0.05, 0.1) is 24.1 Å². The van der Waals surface area contributed by atoms with Crippen molar-refractivity contribution < 1.29 is 0 Å². The Kier molecular flexibility index (Phi) is 8.82. The Morgan fingerprint density at radius 3 is 2.27 bits per heavy atom. The van der Waals surface area contributed by atoms with Gasteiger partial charge in [-0.3, -0.25) is 0 Å². The predicted molar refractivity (Wildman–Crippen MR) is 60.9 cm³/mol. The van der Waals surface area contributed by atoms with Gasteiger partial charge in [-0.1, -0.05) is 33.1 Å². The number of nitriles is 2. The highest BCUT2D eigenvalue weighted by Gasteiger charge is 2.10. The molecule has 0 aliphatic carbocycles. The van der Waals surface area contributed by atoms with Gasteiger partial charge in [0.2, 0.25) is 0 Å². The van der Waals surface area contributed by atoms with Crippen LogP contribution >= 0.6 is 0 Å². The standard InChI is InChI=1S/C12H21N3/c1-3-5-7-12(9-14)15-10-11(8-13)6-4-2/h11-12,15H,3-7,10H2,1-2H3. The van der Waals surface area contributed by atoms with Crippen molar-refractivity contribution in [3.8, 4) is 12.1 Å². The van der Waals surface area contributed by atoms with Crippen molar-refractivity contribution in [1.29, 1.82) is 10.5 Å². The van der Waals surface area contributed by atoms with Crippen molar-refractivity contribution >= 4 is 0 Å². The number of nitrogens with one attached hydrogen (secondary N) is 1. The maximum Gasteiger partial charge on any atom is 0.0953 e. The minimum absolute atomic E-state index is 0.0486. The monoisotopic (exact) mass is 207 g/mol. The van der Waals surface area contributed by atoms with Crippen LogP contribution in [0.2, 0.25) is 0 Å². The lowest BCUT2D eigenvalue weighted by Gasteiger charge is -2.13. The number of hydrogen-bond donors (Lipinski definition) is 1. The summed E-state index contributed by atoms with van der Waals surface area (Å²) in [6, 6.07) is 4.42. The molecule has 2 unspecified atom stereocenters. The van der Waals surface area contributed by atoms with Crippen LogP contribution in [0.3, 0.4) is 0 Å². The average molecular weight is 207 g/mol. The molecular weight excluding hydrogens is 186 g/mol. The molecule has 2 atom stereocenters. The van der Waals surface area contributed by atoms with Crippen LogP contribution in [-0.2, 0) is 0 Å². The molecule has 0 radical (unpaired) electrons. The van der Waals surface area contributed by atoms with E-state index in [0.29, 0.717) is 6.54 Å². The van der Waals surface area contributed by atoms with E-state index < -0.39 is 0 Å². The molecule has 1 N–H and O–H groups in total. The fourth-order valence-electron chi connectivity index (χ4n) is 1.47. The zero-order chi connectivity index (χ0) is 11.5. The summed E-state index contributed by atoms with van der Waals surface area (Å²) < 4.78 is 0. The first kappa shape index (κ1) is 13.9. The topological polar surface area (TPSA) is 59.6 Å². The van der Waals surface area contributed by atoms with E-state index in [0.717, 1.165) is 32.1 Å². The first-order valence-electron chi connectivity index (χ1n) is 5.81. The van der Waals surface area contributed by atoms with E-state index in [4.69, 9.17) is 10.5 Å². The molecule has 0 fully saturated rings. The van der Waals surface area contributed by atoms with E-state index in [-0.39, 0.29) is 12.0 Å². The molecule has 15 heavy (non-hydrogen) atoms. The Morgan fingerprint density at radius 1 is 1.07 bits per heavy atom. The molecular formula is C12H21N3. The number of nitrogens with zero attached hydrogens (tertiary/aromatic N) is 2. The Bertz CT molecular complexity index is 224. The second-order valence-electron chi connectivity index (χ2n) is 3.85.